The fraction of sp³-hybridized carbons (Fsp3) is 0.412. The number of nitrogens with zero attached hydrogens (tertiary/aromatic N) is 6. The molecule has 1 unspecified atom stereocenters. The Bertz CT molecular complexity index is 1930. The zero-order valence-electron chi connectivity index (χ0n) is 27.2. The maximum absolute atomic E-state index is 14.2. The number of benzene rings is 1. The number of carbonyl (C=O) groups is 2. The van der Waals surface area contributed by atoms with Crippen LogP contribution in [0.1, 0.15) is 61.9 Å². The molecule has 0 aliphatic carbocycles. The second-order valence-corrected chi connectivity index (χ2v) is 13.3. The molecule has 13 heteroatoms. The number of aromatic nitrogens is 3. The van der Waals surface area contributed by atoms with E-state index in [1.165, 1.54) is 9.58 Å². The van der Waals surface area contributed by atoms with Gasteiger partial charge >= 0.3 is 5.97 Å². The van der Waals surface area contributed by atoms with Crippen molar-refractivity contribution in [1.82, 2.24) is 13.9 Å². The lowest BCUT2D eigenvalue weighted by Gasteiger charge is -2.36. The summed E-state index contributed by atoms with van der Waals surface area (Å²) in [6.45, 7) is 8.81. The first-order chi connectivity index (χ1) is 22.5. The highest BCUT2D eigenvalue weighted by Gasteiger charge is 2.39. The molecule has 2 aliphatic heterocycles. The average molecular weight is 675 g/mol. The third-order valence-electron chi connectivity index (χ3n) is 8.74. The van der Waals surface area contributed by atoms with Crippen LogP contribution in [0.25, 0.3) is 11.8 Å². The van der Waals surface area contributed by atoms with Crippen LogP contribution in [0.15, 0.2) is 44.8 Å². The number of thioether (sulfide) groups is 1. The van der Waals surface area contributed by atoms with E-state index in [0.717, 1.165) is 18.2 Å². The molecule has 4 heterocycles. The predicted molar refractivity (Wildman–Crippen MR) is 188 cm³/mol. The number of carbonyl (C=O) groups excluding carboxylic acids is 2. The van der Waals surface area contributed by atoms with E-state index in [-0.39, 0.29) is 44.5 Å². The summed E-state index contributed by atoms with van der Waals surface area (Å²) in [5, 5.41) is 10.1. The van der Waals surface area contributed by atoms with Crippen LogP contribution >= 0.6 is 24.0 Å². The highest BCUT2D eigenvalue weighted by Crippen LogP contribution is 2.39. The van der Waals surface area contributed by atoms with E-state index < -0.39 is 11.5 Å². The van der Waals surface area contributed by atoms with E-state index in [4.69, 9.17) is 17.0 Å². The molecule has 47 heavy (non-hydrogen) atoms. The zero-order chi connectivity index (χ0) is 34.0. The number of para-hydroxylation sites is 1. The monoisotopic (exact) mass is 674 g/mol. The molecule has 1 amide bonds. The number of piperidine rings is 1. The summed E-state index contributed by atoms with van der Waals surface area (Å²) in [5.74, 6) is -0.578. The number of anilines is 2. The van der Waals surface area contributed by atoms with Gasteiger partial charge in [-0.15, -0.1) is 0 Å². The van der Waals surface area contributed by atoms with Gasteiger partial charge in [-0.1, -0.05) is 55.5 Å². The van der Waals surface area contributed by atoms with Gasteiger partial charge in [-0.05, 0) is 63.8 Å². The molecule has 0 saturated carbocycles. The van der Waals surface area contributed by atoms with Crippen molar-refractivity contribution in [2.24, 2.45) is 13.0 Å². The minimum atomic E-state index is -0.468. The number of nitriles is 1. The molecule has 1 aromatic carbocycles. The van der Waals surface area contributed by atoms with E-state index in [1.807, 2.05) is 42.2 Å². The summed E-state index contributed by atoms with van der Waals surface area (Å²) in [4.78, 5) is 58.0. The van der Waals surface area contributed by atoms with Gasteiger partial charge < -0.3 is 9.64 Å². The van der Waals surface area contributed by atoms with E-state index >= 15 is 0 Å². The lowest BCUT2D eigenvalue weighted by atomic mass is 9.96. The maximum atomic E-state index is 14.2. The number of unbranched alkanes of at least 4 members (excludes halogenated alkanes) is 1. The molecule has 3 aromatic rings. The molecule has 1 atom stereocenters. The van der Waals surface area contributed by atoms with Gasteiger partial charge in [0.15, 0.2) is 4.32 Å². The Morgan fingerprint density at radius 2 is 1.87 bits per heavy atom. The predicted octanol–water partition coefficient (Wildman–Crippen LogP) is 4.81. The first kappa shape index (κ1) is 33.9. The van der Waals surface area contributed by atoms with Gasteiger partial charge in [0.25, 0.3) is 17.0 Å². The van der Waals surface area contributed by atoms with Crippen LogP contribution in [-0.2, 0) is 27.9 Å². The number of pyridine rings is 1. The highest BCUT2D eigenvalue weighted by molar-refractivity contribution is 8.27. The molecule has 0 radical (unpaired) electrons. The number of hydrogen-bond donors (Lipinski definition) is 0. The zero-order valence-corrected chi connectivity index (χ0v) is 28.9. The van der Waals surface area contributed by atoms with E-state index in [9.17, 15) is 24.4 Å². The normalized spacial score (nSPS) is 17.4. The maximum Gasteiger partial charge on any atom is 0.310 e. The molecule has 0 spiro atoms. The summed E-state index contributed by atoms with van der Waals surface area (Å²) >= 11 is 6.76. The molecular formula is C34H38N6O5S2. The minimum absolute atomic E-state index is 0.00446. The van der Waals surface area contributed by atoms with E-state index in [0.29, 0.717) is 67.2 Å². The number of hydrogen-bond acceptors (Lipinski definition) is 9. The molecule has 2 fully saturated rings. The van der Waals surface area contributed by atoms with Gasteiger partial charge in [-0.25, -0.2) is 4.68 Å². The van der Waals surface area contributed by atoms with E-state index in [2.05, 4.69) is 6.07 Å². The van der Waals surface area contributed by atoms with Crippen LogP contribution in [-0.4, -0.2) is 49.8 Å². The second kappa shape index (κ2) is 14.1. The standard InChI is InChI=1S/C34H38N6O5S2/c1-6-8-17-38-29(37-16-12-13-23(20-37)33(44)45-7-2)25(21(3)26(19-35)30(38)41)18-27-31(42)39(34(46)47-27)28-22(4)36(5)40(32(28)43)24-14-10-9-11-15-24/h9-11,14-15,18,23H,6-8,12-13,16-17,20H2,1-5H3/b27-18-. The first-order valence-corrected chi connectivity index (χ1v) is 17.0. The second-order valence-electron chi connectivity index (χ2n) is 11.6. The molecular weight excluding hydrogens is 637 g/mol. The van der Waals surface area contributed by atoms with Crippen LogP contribution in [0, 0.1) is 31.1 Å². The largest absolute Gasteiger partial charge is 0.466 e. The van der Waals surface area contributed by atoms with Crippen molar-refractivity contribution in [2.45, 2.75) is 59.9 Å². The molecule has 2 aliphatic rings. The van der Waals surface area contributed by atoms with Crippen LogP contribution in [0.3, 0.4) is 0 Å². The Morgan fingerprint density at radius 1 is 1.15 bits per heavy atom. The molecule has 0 N–H and O–H groups in total. The fourth-order valence-electron chi connectivity index (χ4n) is 6.23. The summed E-state index contributed by atoms with van der Waals surface area (Å²) in [6, 6.07) is 11.2. The Balaban J connectivity index is 1.65. The molecule has 0 bridgehead atoms. The van der Waals surface area contributed by atoms with E-state index in [1.54, 1.807) is 43.1 Å². The topological polar surface area (TPSA) is 123 Å². The SMILES string of the molecule is CCCCn1c(N2CCCC(C(=O)OCC)C2)c(/C=C2\SC(=S)N(c3c(C)n(C)n(-c4ccccc4)c3=O)C2=O)c(C)c(C#N)c1=O. The molecule has 2 saturated heterocycles. The van der Waals surface area contributed by atoms with Gasteiger partial charge in [-0.3, -0.25) is 33.3 Å². The number of rotatable bonds is 9. The van der Waals surface area contributed by atoms with Crippen LogP contribution in [0.2, 0.25) is 0 Å². The fourth-order valence-corrected chi connectivity index (χ4v) is 7.49. The van der Waals surface area contributed by atoms with Gasteiger partial charge in [-0.2, -0.15) is 5.26 Å². The van der Waals surface area contributed by atoms with Crippen molar-refractivity contribution < 1.29 is 14.3 Å². The van der Waals surface area contributed by atoms with Crippen molar-refractivity contribution in [2.75, 3.05) is 29.5 Å². The third-order valence-corrected chi connectivity index (χ3v) is 10.0. The Morgan fingerprint density at radius 3 is 2.53 bits per heavy atom. The van der Waals surface area contributed by atoms with Gasteiger partial charge in [0.1, 0.15) is 23.1 Å². The Kier molecular flexibility index (Phi) is 10.2. The molecule has 2 aromatic heterocycles. The van der Waals surface area contributed by atoms with Crippen LogP contribution < -0.4 is 20.9 Å². The third kappa shape index (κ3) is 6.19. The van der Waals surface area contributed by atoms with Crippen molar-refractivity contribution in [3.8, 4) is 11.8 Å². The summed E-state index contributed by atoms with van der Waals surface area (Å²) in [6.07, 6.45) is 4.55. The summed E-state index contributed by atoms with van der Waals surface area (Å²) < 4.78 is 10.3. The Hall–Kier alpha value is -4.41. The van der Waals surface area contributed by atoms with Crippen LogP contribution in [0.5, 0.6) is 0 Å². The van der Waals surface area contributed by atoms with Gasteiger partial charge in [0.2, 0.25) is 0 Å². The summed E-state index contributed by atoms with van der Waals surface area (Å²) in [5.41, 5.74) is 1.55. The lowest BCUT2D eigenvalue weighted by molar-refractivity contribution is -0.148. The van der Waals surface area contributed by atoms with Crippen molar-refractivity contribution in [1.29, 1.82) is 5.26 Å². The minimum Gasteiger partial charge on any atom is -0.466 e. The first-order valence-electron chi connectivity index (χ1n) is 15.8. The number of amides is 1. The number of ether oxygens (including phenoxy) is 1. The van der Waals surface area contributed by atoms with Gasteiger partial charge in [0, 0.05) is 32.2 Å². The Labute approximate surface area is 283 Å². The molecule has 5 rings (SSSR count). The molecule has 11 nitrogen and oxygen atoms in total. The quantitative estimate of drug-likeness (QED) is 0.179. The molecule has 246 valence electrons. The van der Waals surface area contributed by atoms with Crippen molar-refractivity contribution >= 4 is 57.8 Å². The van der Waals surface area contributed by atoms with Crippen molar-refractivity contribution in [3.05, 3.63) is 78.3 Å². The number of thiocarbonyl (C=S) groups is 1. The summed E-state index contributed by atoms with van der Waals surface area (Å²) in [7, 11) is 1.75. The average Bonchev–Trinajstić information content (AvgIpc) is 3.46. The van der Waals surface area contributed by atoms with Gasteiger partial charge in [0.05, 0.1) is 28.8 Å². The smallest absolute Gasteiger partial charge is 0.310 e. The van der Waals surface area contributed by atoms with Crippen molar-refractivity contribution in [3.63, 3.8) is 0 Å². The van der Waals surface area contributed by atoms with Crippen LogP contribution in [0.4, 0.5) is 11.5 Å². The highest BCUT2D eigenvalue weighted by atomic mass is 32.2. The number of esters is 1. The lowest BCUT2D eigenvalue weighted by Crippen LogP contribution is -2.43.